The summed E-state index contributed by atoms with van der Waals surface area (Å²) in [6, 6.07) is 12.0. The number of methoxy groups -OCH3 is 1. The van der Waals surface area contributed by atoms with E-state index in [1.807, 2.05) is 4.72 Å². The lowest BCUT2D eigenvalue weighted by Crippen LogP contribution is -2.35. The fourth-order valence-electron chi connectivity index (χ4n) is 2.44. The maximum atomic E-state index is 12.8. The molecule has 28 heavy (non-hydrogen) atoms. The molecular formula is C18H17N5O4S. The summed E-state index contributed by atoms with van der Waals surface area (Å²) in [5.41, 5.74) is 1.39. The van der Waals surface area contributed by atoms with Crippen LogP contribution in [0.15, 0.2) is 59.6 Å². The number of aromatic nitrogens is 3. The Morgan fingerprint density at radius 2 is 1.82 bits per heavy atom. The molecule has 0 aliphatic heterocycles. The van der Waals surface area contributed by atoms with Crippen LogP contribution < -0.4 is 14.8 Å². The van der Waals surface area contributed by atoms with Gasteiger partial charge in [0.05, 0.1) is 17.7 Å². The Kier molecular flexibility index (Phi) is 5.50. The number of hydrogen-bond acceptors (Lipinski definition) is 7. The molecule has 0 radical (unpaired) electrons. The Morgan fingerprint density at radius 1 is 1.07 bits per heavy atom. The van der Waals surface area contributed by atoms with Gasteiger partial charge in [0.25, 0.3) is 10.0 Å². The zero-order valence-electron chi connectivity index (χ0n) is 15.1. The van der Waals surface area contributed by atoms with Gasteiger partial charge in [-0.3, -0.25) is 10.3 Å². The summed E-state index contributed by atoms with van der Waals surface area (Å²) >= 11 is 0. The molecule has 2 amide bonds. The first-order valence-corrected chi connectivity index (χ1v) is 9.61. The van der Waals surface area contributed by atoms with Crippen molar-refractivity contribution in [3.63, 3.8) is 0 Å². The molecule has 0 spiro atoms. The molecule has 0 aliphatic carbocycles. The first-order chi connectivity index (χ1) is 13.4. The van der Waals surface area contributed by atoms with E-state index in [-0.39, 0.29) is 16.7 Å². The van der Waals surface area contributed by atoms with Crippen LogP contribution in [0.2, 0.25) is 0 Å². The number of anilines is 1. The molecule has 0 unspecified atom stereocenters. The van der Waals surface area contributed by atoms with Gasteiger partial charge in [-0.25, -0.2) is 22.9 Å². The lowest BCUT2D eigenvalue weighted by atomic mass is 10.1. The van der Waals surface area contributed by atoms with Crippen molar-refractivity contribution in [1.29, 1.82) is 0 Å². The minimum absolute atomic E-state index is 0.0772. The molecule has 0 saturated carbocycles. The van der Waals surface area contributed by atoms with Crippen molar-refractivity contribution in [3.8, 4) is 17.1 Å². The number of sulfonamides is 1. The summed E-state index contributed by atoms with van der Waals surface area (Å²) in [5.74, 6) is 0.161. The van der Waals surface area contributed by atoms with Crippen LogP contribution >= 0.6 is 0 Å². The maximum absolute atomic E-state index is 12.8. The number of hydrogen-bond donors (Lipinski definition) is 2. The Labute approximate surface area is 161 Å². The lowest BCUT2D eigenvalue weighted by Gasteiger charge is -2.12. The number of ether oxygens (including phenoxy) is 1. The summed E-state index contributed by atoms with van der Waals surface area (Å²) in [7, 11) is -2.75. The van der Waals surface area contributed by atoms with Crippen molar-refractivity contribution < 1.29 is 17.9 Å². The topological polar surface area (TPSA) is 123 Å². The van der Waals surface area contributed by atoms with E-state index < -0.39 is 16.1 Å². The molecule has 2 aromatic heterocycles. The standard InChI is InChI=1S/C18H17N5O4S/c1-12-11-16(27-2)21-17(20-12)22-18(24)23-28(25,26)15-9-4-3-7-13(15)14-8-5-6-10-19-14/h3-11H,1-2H3,(H2,20,21,22,23,24). The fraction of sp³-hybridized carbons (Fsp3) is 0.111. The van der Waals surface area contributed by atoms with E-state index >= 15 is 0 Å². The third-order valence-corrected chi connectivity index (χ3v) is 5.00. The number of carbonyl (C=O) groups is 1. The highest BCUT2D eigenvalue weighted by molar-refractivity contribution is 7.90. The van der Waals surface area contributed by atoms with Crippen LogP contribution in [0.25, 0.3) is 11.3 Å². The molecule has 0 atom stereocenters. The second kappa shape index (κ2) is 8.01. The van der Waals surface area contributed by atoms with Crippen LogP contribution in [0, 0.1) is 6.92 Å². The van der Waals surface area contributed by atoms with Crippen molar-refractivity contribution in [2.75, 3.05) is 12.4 Å². The van der Waals surface area contributed by atoms with E-state index in [1.165, 1.54) is 13.2 Å². The Hall–Kier alpha value is -3.53. The highest BCUT2D eigenvalue weighted by Gasteiger charge is 2.22. The van der Waals surface area contributed by atoms with Crippen molar-refractivity contribution in [3.05, 3.63) is 60.4 Å². The average molecular weight is 399 g/mol. The zero-order valence-corrected chi connectivity index (χ0v) is 15.9. The minimum Gasteiger partial charge on any atom is -0.481 e. The Morgan fingerprint density at radius 3 is 2.54 bits per heavy atom. The largest absolute Gasteiger partial charge is 0.481 e. The molecule has 3 aromatic rings. The Bertz CT molecular complexity index is 1100. The van der Waals surface area contributed by atoms with Crippen molar-refractivity contribution >= 4 is 22.0 Å². The monoisotopic (exact) mass is 399 g/mol. The van der Waals surface area contributed by atoms with Crippen LogP contribution in [-0.4, -0.2) is 36.5 Å². The highest BCUT2D eigenvalue weighted by Crippen LogP contribution is 2.25. The molecule has 2 heterocycles. The van der Waals surface area contributed by atoms with E-state index in [1.54, 1.807) is 55.6 Å². The number of amides is 2. The van der Waals surface area contributed by atoms with Gasteiger partial charge in [-0.05, 0) is 25.1 Å². The third-order valence-electron chi connectivity index (χ3n) is 3.61. The molecule has 3 rings (SSSR count). The smallest absolute Gasteiger partial charge is 0.335 e. The predicted molar refractivity (Wildman–Crippen MR) is 102 cm³/mol. The summed E-state index contributed by atoms with van der Waals surface area (Å²) in [5, 5.41) is 2.30. The zero-order chi connectivity index (χ0) is 20.1. The van der Waals surface area contributed by atoms with Gasteiger partial charge >= 0.3 is 6.03 Å². The first-order valence-electron chi connectivity index (χ1n) is 8.13. The first kappa shape index (κ1) is 19.2. The number of aryl methyl sites for hydroxylation is 1. The van der Waals surface area contributed by atoms with E-state index in [9.17, 15) is 13.2 Å². The van der Waals surface area contributed by atoms with Crippen molar-refractivity contribution in [2.45, 2.75) is 11.8 Å². The van der Waals surface area contributed by atoms with Gasteiger partial charge in [-0.1, -0.05) is 24.3 Å². The van der Waals surface area contributed by atoms with Crippen LogP contribution in [0.3, 0.4) is 0 Å². The molecule has 10 heteroatoms. The molecule has 0 bridgehead atoms. The van der Waals surface area contributed by atoms with Gasteiger partial charge in [0.15, 0.2) is 0 Å². The number of carbonyl (C=O) groups excluding carboxylic acids is 1. The quantitative estimate of drug-likeness (QED) is 0.675. The van der Waals surface area contributed by atoms with Crippen LogP contribution in [0.1, 0.15) is 5.69 Å². The molecule has 1 aromatic carbocycles. The predicted octanol–water partition coefficient (Wildman–Crippen LogP) is 2.37. The van der Waals surface area contributed by atoms with Gasteiger partial charge < -0.3 is 4.74 Å². The molecular weight excluding hydrogens is 382 g/mol. The van der Waals surface area contributed by atoms with Crippen molar-refractivity contribution in [1.82, 2.24) is 19.7 Å². The molecule has 144 valence electrons. The number of nitrogens with zero attached hydrogens (tertiary/aromatic N) is 3. The number of rotatable bonds is 5. The maximum Gasteiger partial charge on any atom is 0.335 e. The van der Waals surface area contributed by atoms with E-state index in [2.05, 4.69) is 20.3 Å². The fourth-order valence-corrected chi connectivity index (χ4v) is 3.56. The summed E-state index contributed by atoms with van der Waals surface area (Å²) in [6.45, 7) is 1.69. The summed E-state index contributed by atoms with van der Waals surface area (Å²) in [6.07, 6.45) is 1.56. The lowest BCUT2D eigenvalue weighted by molar-refractivity contribution is 0.256. The van der Waals surface area contributed by atoms with Crippen LogP contribution in [0.4, 0.5) is 10.7 Å². The average Bonchev–Trinajstić information content (AvgIpc) is 2.67. The molecule has 0 aliphatic rings. The van der Waals surface area contributed by atoms with Gasteiger partial charge in [0, 0.05) is 23.5 Å². The van der Waals surface area contributed by atoms with Gasteiger partial charge in [0.2, 0.25) is 11.8 Å². The SMILES string of the molecule is COc1cc(C)nc(NC(=O)NS(=O)(=O)c2ccccc2-c2ccccn2)n1. The second-order valence-corrected chi connectivity index (χ2v) is 7.30. The van der Waals surface area contributed by atoms with E-state index in [4.69, 9.17) is 4.74 Å². The second-order valence-electron chi connectivity index (χ2n) is 5.65. The molecule has 9 nitrogen and oxygen atoms in total. The molecule has 0 saturated heterocycles. The minimum atomic E-state index is -4.17. The van der Waals surface area contributed by atoms with Gasteiger partial charge in [0.1, 0.15) is 0 Å². The van der Waals surface area contributed by atoms with Crippen LogP contribution in [0.5, 0.6) is 5.88 Å². The normalized spacial score (nSPS) is 10.9. The number of pyridine rings is 1. The number of urea groups is 1. The third kappa shape index (κ3) is 4.41. The van der Waals surface area contributed by atoms with E-state index in [0.717, 1.165) is 0 Å². The van der Waals surface area contributed by atoms with Crippen molar-refractivity contribution in [2.24, 2.45) is 0 Å². The van der Waals surface area contributed by atoms with Gasteiger partial charge in [-0.15, -0.1) is 0 Å². The highest BCUT2D eigenvalue weighted by atomic mass is 32.2. The molecule has 0 fully saturated rings. The summed E-state index contributed by atoms with van der Waals surface area (Å²) < 4.78 is 32.5. The number of benzene rings is 1. The van der Waals surface area contributed by atoms with Gasteiger partial charge in [-0.2, -0.15) is 4.98 Å². The van der Waals surface area contributed by atoms with Crippen LogP contribution in [-0.2, 0) is 10.0 Å². The van der Waals surface area contributed by atoms with E-state index in [0.29, 0.717) is 17.0 Å². The number of nitrogens with one attached hydrogen (secondary N) is 2. The summed E-state index contributed by atoms with van der Waals surface area (Å²) in [4.78, 5) is 24.3. The molecule has 2 N–H and O–H groups in total. The Balaban J connectivity index is 1.85.